The Labute approximate surface area is 67.4 Å². The van der Waals surface area contributed by atoms with E-state index >= 15 is 0 Å². The Morgan fingerprint density at radius 1 is 1.60 bits per heavy atom. The maximum Gasteiger partial charge on any atom is 0.107 e. The quantitative estimate of drug-likeness (QED) is 0.647. The van der Waals surface area contributed by atoms with Gasteiger partial charge in [-0.1, -0.05) is 0 Å². The van der Waals surface area contributed by atoms with E-state index in [-0.39, 0.29) is 0 Å². The number of hydrogen-bond acceptors (Lipinski definition) is 2. The molecule has 1 aliphatic heterocycles. The van der Waals surface area contributed by atoms with Crippen LogP contribution in [0, 0.1) is 0 Å². The van der Waals surface area contributed by atoms with Gasteiger partial charge in [0.25, 0.3) is 0 Å². The number of epoxide rings is 1. The molecule has 2 rings (SSSR count). The van der Waals surface area contributed by atoms with Gasteiger partial charge in [0.1, 0.15) is 6.10 Å². The van der Waals surface area contributed by atoms with Gasteiger partial charge in [0.15, 0.2) is 0 Å². The second-order valence-electron chi connectivity index (χ2n) is 2.26. The van der Waals surface area contributed by atoms with Crippen LogP contribution in [0.25, 0.3) is 0 Å². The fourth-order valence-corrected chi connectivity index (χ4v) is 1.23. The summed E-state index contributed by atoms with van der Waals surface area (Å²) in [5.41, 5.74) is 1.16. The van der Waals surface area contributed by atoms with Crippen LogP contribution in [0.2, 0.25) is 0 Å². The predicted molar refractivity (Wildman–Crippen MR) is 40.6 cm³/mol. The van der Waals surface area contributed by atoms with Gasteiger partial charge in [0.05, 0.1) is 6.61 Å². The largest absolute Gasteiger partial charge is 0.368 e. The van der Waals surface area contributed by atoms with Crippen molar-refractivity contribution < 1.29 is 4.74 Å². The van der Waals surface area contributed by atoms with E-state index in [1.807, 2.05) is 12.3 Å². The number of nitrogens with zero attached hydrogens (tertiary/aromatic N) is 1. The SMILES string of the molecule is Brc1cncc([C@H]2CO2)c1. The Hall–Kier alpha value is -0.410. The lowest BCUT2D eigenvalue weighted by Crippen LogP contribution is -1.81. The van der Waals surface area contributed by atoms with Gasteiger partial charge in [-0.05, 0) is 22.0 Å². The zero-order valence-corrected chi connectivity index (χ0v) is 6.84. The number of pyridine rings is 1. The average Bonchev–Trinajstić information content (AvgIpc) is 2.68. The third-order valence-electron chi connectivity index (χ3n) is 1.43. The van der Waals surface area contributed by atoms with Crippen LogP contribution in [0.5, 0.6) is 0 Å². The molecule has 1 atom stereocenters. The van der Waals surface area contributed by atoms with Crippen molar-refractivity contribution in [3.05, 3.63) is 28.5 Å². The lowest BCUT2D eigenvalue weighted by atomic mass is 10.2. The van der Waals surface area contributed by atoms with Gasteiger partial charge in [0.2, 0.25) is 0 Å². The summed E-state index contributed by atoms with van der Waals surface area (Å²) in [4.78, 5) is 4.02. The molecule has 0 unspecified atom stereocenters. The Bertz CT molecular complexity index is 247. The summed E-state index contributed by atoms with van der Waals surface area (Å²) < 4.78 is 6.10. The molecule has 2 nitrogen and oxygen atoms in total. The number of halogens is 1. The van der Waals surface area contributed by atoms with Crippen LogP contribution < -0.4 is 0 Å². The lowest BCUT2D eigenvalue weighted by Gasteiger charge is -1.93. The first kappa shape index (κ1) is 6.31. The van der Waals surface area contributed by atoms with E-state index in [0.717, 1.165) is 16.6 Å². The predicted octanol–water partition coefficient (Wildman–Crippen LogP) is 1.92. The number of hydrogen-bond donors (Lipinski definition) is 0. The summed E-state index contributed by atoms with van der Waals surface area (Å²) in [7, 11) is 0. The van der Waals surface area contributed by atoms with Crippen molar-refractivity contribution in [2.75, 3.05) is 6.61 Å². The summed E-state index contributed by atoms with van der Waals surface area (Å²) in [5, 5.41) is 0. The highest BCUT2D eigenvalue weighted by molar-refractivity contribution is 9.10. The molecule has 0 aliphatic carbocycles. The van der Waals surface area contributed by atoms with Gasteiger partial charge in [-0.2, -0.15) is 0 Å². The first-order valence-corrected chi connectivity index (χ1v) is 3.87. The van der Waals surface area contributed by atoms with Crippen LogP contribution in [0.4, 0.5) is 0 Å². The van der Waals surface area contributed by atoms with Crippen LogP contribution in [0.1, 0.15) is 11.7 Å². The fourth-order valence-electron chi connectivity index (χ4n) is 0.845. The molecule has 1 fully saturated rings. The van der Waals surface area contributed by atoms with Crippen molar-refractivity contribution in [1.82, 2.24) is 4.98 Å². The molecule has 0 saturated carbocycles. The molecule has 0 aromatic carbocycles. The van der Waals surface area contributed by atoms with Crippen LogP contribution in [-0.4, -0.2) is 11.6 Å². The van der Waals surface area contributed by atoms with Crippen LogP contribution >= 0.6 is 15.9 Å². The summed E-state index contributed by atoms with van der Waals surface area (Å²) in [6.45, 7) is 0.845. The van der Waals surface area contributed by atoms with E-state index in [1.165, 1.54) is 0 Å². The molecule has 1 aromatic heterocycles. The van der Waals surface area contributed by atoms with Gasteiger partial charge < -0.3 is 4.74 Å². The van der Waals surface area contributed by atoms with E-state index < -0.39 is 0 Å². The smallest absolute Gasteiger partial charge is 0.107 e. The maximum absolute atomic E-state index is 5.09. The van der Waals surface area contributed by atoms with Gasteiger partial charge >= 0.3 is 0 Å². The third-order valence-corrected chi connectivity index (χ3v) is 1.86. The first-order chi connectivity index (χ1) is 4.86. The van der Waals surface area contributed by atoms with E-state index in [2.05, 4.69) is 20.9 Å². The molecule has 1 saturated heterocycles. The minimum absolute atomic E-state index is 0.310. The molecule has 0 amide bonds. The van der Waals surface area contributed by atoms with Crippen molar-refractivity contribution in [2.45, 2.75) is 6.10 Å². The molecular formula is C7H6BrNO. The monoisotopic (exact) mass is 199 g/mol. The van der Waals surface area contributed by atoms with Crippen LogP contribution in [-0.2, 0) is 4.74 Å². The highest BCUT2D eigenvalue weighted by atomic mass is 79.9. The van der Waals surface area contributed by atoms with E-state index in [9.17, 15) is 0 Å². The molecule has 1 aromatic rings. The van der Waals surface area contributed by atoms with Crippen LogP contribution in [0.3, 0.4) is 0 Å². The molecule has 10 heavy (non-hydrogen) atoms. The normalized spacial score (nSPS) is 22.7. The molecular weight excluding hydrogens is 194 g/mol. The van der Waals surface area contributed by atoms with Crippen molar-refractivity contribution in [1.29, 1.82) is 0 Å². The minimum Gasteiger partial charge on any atom is -0.368 e. The van der Waals surface area contributed by atoms with E-state index in [4.69, 9.17) is 4.74 Å². The molecule has 2 heterocycles. The third kappa shape index (κ3) is 1.20. The minimum atomic E-state index is 0.310. The van der Waals surface area contributed by atoms with Crippen molar-refractivity contribution in [3.8, 4) is 0 Å². The zero-order valence-electron chi connectivity index (χ0n) is 5.25. The number of rotatable bonds is 1. The fraction of sp³-hybridized carbons (Fsp3) is 0.286. The van der Waals surface area contributed by atoms with E-state index in [0.29, 0.717) is 6.10 Å². The van der Waals surface area contributed by atoms with Crippen molar-refractivity contribution in [3.63, 3.8) is 0 Å². The Kier molecular flexibility index (Phi) is 1.47. The number of ether oxygens (including phenoxy) is 1. The van der Waals surface area contributed by atoms with Gasteiger partial charge in [-0.3, -0.25) is 4.98 Å². The summed E-state index contributed by atoms with van der Waals surface area (Å²) in [6.07, 6.45) is 3.92. The van der Waals surface area contributed by atoms with Crippen molar-refractivity contribution in [2.24, 2.45) is 0 Å². The van der Waals surface area contributed by atoms with Crippen LogP contribution in [0.15, 0.2) is 22.9 Å². The number of aromatic nitrogens is 1. The standard InChI is InChI=1S/C7H6BrNO/c8-6-1-5(2-9-3-6)7-4-10-7/h1-3,7H,4H2/t7-/m1/s1. The molecule has 3 heteroatoms. The first-order valence-electron chi connectivity index (χ1n) is 3.08. The Balaban J connectivity index is 2.32. The highest BCUT2D eigenvalue weighted by Crippen LogP contribution is 2.30. The maximum atomic E-state index is 5.09. The van der Waals surface area contributed by atoms with E-state index in [1.54, 1.807) is 6.20 Å². The topological polar surface area (TPSA) is 25.4 Å². The van der Waals surface area contributed by atoms with Gasteiger partial charge in [-0.15, -0.1) is 0 Å². The molecule has 0 spiro atoms. The molecule has 1 aliphatic rings. The summed E-state index contributed by atoms with van der Waals surface area (Å²) >= 11 is 3.34. The Morgan fingerprint density at radius 3 is 3.00 bits per heavy atom. The highest BCUT2D eigenvalue weighted by Gasteiger charge is 2.24. The molecule has 0 bridgehead atoms. The average molecular weight is 200 g/mol. The zero-order chi connectivity index (χ0) is 6.97. The second kappa shape index (κ2) is 2.32. The summed E-state index contributed by atoms with van der Waals surface area (Å²) in [6, 6.07) is 2.03. The Morgan fingerprint density at radius 2 is 2.40 bits per heavy atom. The van der Waals surface area contributed by atoms with Gasteiger partial charge in [0, 0.05) is 22.4 Å². The lowest BCUT2D eigenvalue weighted by molar-refractivity contribution is 0.415. The van der Waals surface area contributed by atoms with Crippen molar-refractivity contribution >= 4 is 15.9 Å². The molecule has 52 valence electrons. The second-order valence-corrected chi connectivity index (χ2v) is 3.17. The van der Waals surface area contributed by atoms with Gasteiger partial charge in [-0.25, -0.2) is 0 Å². The molecule has 0 N–H and O–H groups in total. The summed E-state index contributed by atoms with van der Waals surface area (Å²) in [5.74, 6) is 0. The molecule has 0 radical (unpaired) electrons.